The predicted molar refractivity (Wildman–Crippen MR) is 110 cm³/mol. The Morgan fingerprint density at radius 3 is 2.52 bits per heavy atom. The summed E-state index contributed by atoms with van der Waals surface area (Å²) < 4.78 is 8.61. The van der Waals surface area contributed by atoms with Crippen molar-refractivity contribution in [2.24, 2.45) is 0 Å². The second kappa shape index (κ2) is 7.92. The van der Waals surface area contributed by atoms with Crippen LogP contribution in [0.4, 0.5) is 0 Å². The zero-order chi connectivity index (χ0) is 20.4. The number of nitrogens with two attached hydrogens (primary N) is 1. The van der Waals surface area contributed by atoms with Gasteiger partial charge in [-0.2, -0.15) is 4.68 Å². The largest absolute Gasteiger partial charge is 0.496 e. The van der Waals surface area contributed by atoms with Crippen molar-refractivity contribution < 1.29 is 4.74 Å². The molecule has 0 amide bonds. The number of aryl methyl sites for hydroxylation is 2. The standard InChI is InChI=1S/C19H20N8OS/c1-12-7-6-8-13(2)17(12)27-16(21-24-25-27)11-29-19-23-22-18(26(19)20)14-9-4-5-10-15(14)28-3/h4-10H,11,20H2,1-3H3. The first-order valence-electron chi connectivity index (χ1n) is 8.90. The number of tetrazole rings is 1. The van der Waals surface area contributed by atoms with Gasteiger partial charge in [0.15, 0.2) is 11.6 Å². The molecule has 2 aromatic carbocycles. The molecule has 0 spiro atoms. The number of aromatic nitrogens is 7. The van der Waals surface area contributed by atoms with Gasteiger partial charge in [-0.3, -0.25) is 0 Å². The van der Waals surface area contributed by atoms with E-state index < -0.39 is 0 Å². The van der Waals surface area contributed by atoms with Gasteiger partial charge >= 0.3 is 0 Å². The molecule has 10 heteroatoms. The highest BCUT2D eigenvalue weighted by molar-refractivity contribution is 7.98. The monoisotopic (exact) mass is 408 g/mol. The highest BCUT2D eigenvalue weighted by Crippen LogP contribution is 2.30. The second-order valence-corrected chi connectivity index (χ2v) is 7.35. The van der Waals surface area contributed by atoms with Crippen LogP contribution < -0.4 is 10.6 Å². The zero-order valence-electron chi connectivity index (χ0n) is 16.3. The highest BCUT2D eigenvalue weighted by Gasteiger charge is 2.18. The topological polar surface area (TPSA) is 110 Å². The normalized spacial score (nSPS) is 11.0. The summed E-state index contributed by atoms with van der Waals surface area (Å²) in [7, 11) is 1.61. The van der Waals surface area contributed by atoms with Crippen molar-refractivity contribution in [2.45, 2.75) is 24.8 Å². The molecule has 4 aromatic rings. The van der Waals surface area contributed by atoms with Crippen LogP contribution in [0.15, 0.2) is 47.6 Å². The minimum absolute atomic E-state index is 0.488. The number of ether oxygens (including phenoxy) is 1. The van der Waals surface area contributed by atoms with E-state index in [2.05, 4.69) is 25.7 Å². The second-order valence-electron chi connectivity index (χ2n) is 6.41. The van der Waals surface area contributed by atoms with Crippen LogP contribution in [0.2, 0.25) is 0 Å². The molecule has 2 aromatic heterocycles. The van der Waals surface area contributed by atoms with Crippen molar-refractivity contribution in [1.29, 1.82) is 0 Å². The predicted octanol–water partition coefficient (Wildman–Crippen LogP) is 2.55. The number of nitrogens with zero attached hydrogens (tertiary/aromatic N) is 7. The Bertz CT molecular complexity index is 1130. The van der Waals surface area contributed by atoms with E-state index in [9.17, 15) is 0 Å². The van der Waals surface area contributed by atoms with Gasteiger partial charge < -0.3 is 10.6 Å². The Balaban J connectivity index is 1.59. The molecule has 0 aliphatic carbocycles. The van der Waals surface area contributed by atoms with Gasteiger partial charge in [-0.15, -0.1) is 15.3 Å². The lowest BCUT2D eigenvalue weighted by atomic mass is 10.1. The van der Waals surface area contributed by atoms with Gasteiger partial charge in [-0.05, 0) is 47.5 Å². The molecule has 148 valence electrons. The number of hydrogen-bond donors (Lipinski definition) is 1. The van der Waals surface area contributed by atoms with Crippen LogP contribution in [0.3, 0.4) is 0 Å². The first-order valence-corrected chi connectivity index (χ1v) is 9.89. The van der Waals surface area contributed by atoms with Crippen LogP contribution in [0.1, 0.15) is 17.0 Å². The van der Waals surface area contributed by atoms with Crippen molar-refractivity contribution in [3.05, 3.63) is 59.4 Å². The summed E-state index contributed by atoms with van der Waals surface area (Å²) in [5.41, 5.74) is 3.96. The van der Waals surface area contributed by atoms with E-state index in [0.29, 0.717) is 28.3 Å². The van der Waals surface area contributed by atoms with E-state index in [1.165, 1.54) is 16.4 Å². The maximum Gasteiger partial charge on any atom is 0.210 e. The molecular formula is C19H20N8OS. The quantitative estimate of drug-likeness (QED) is 0.383. The number of benzene rings is 2. The maximum absolute atomic E-state index is 6.25. The van der Waals surface area contributed by atoms with Crippen LogP contribution in [-0.4, -0.2) is 42.2 Å². The minimum atomic E-state index is 0.488. The Morgan fingerprint density at radius 2 is 1.76 bits per heavy atom. The summed E-state index contributed by atoms with van der Waals surface area (Å²) in [6.07, 6.45) is 0. The van der Waals surface area contributed by atoms with Crippen molar-refractivity contribution in [3.63, 3.8) is 0 Å². The number of methoxy groups -OCH3 is 1. The van der Waals surface area contributed by atoms with Gasteiger partial charge in [0.2, 0.25) is 5.16 Å². The third kappa shape index (κ3) is 3.54. The fraction of sp³-hybridized carbons (Fsp3) is 0.211. The van der Waals surface area contributed by atoms with Crippen molar-refractivity contribution in [1.82, 2.24) is 35.1 Å². The third-order valence-electron chi connectivity index (χ3n) is 4.53. The lowest BCUT2D eigenvalue weighted by molar-refractivity contribution is 0.416. The average molecular weight is 408 g/mol. The molecule has 2 heterocycles. The average Bonchev–Trinajstić information content (AvgIpc) is 3.33. The number of rotatable bonds is 6. The molecule has 9 nitrogen and oxygen atoms in total. The van der Waals surface area contributed by atoms with Crippen LogP contribution >= 0.6 is 11.8 Å². The van der Waals surface area contributed by atoms with E-state index in [-0.39, 0.29) is 0 Å². The van der Waals surface area contributed by atoms with Crippen LogP contribution in [0.25, 0.3) is 17.1 Å². The molecule has 4 rings (SSSR count). The molecule has 0 bridgehead atoms. The molecule has 0 fully saturated rings. The maximum atomic E-state index is 6.25. The summed E-state index contributed by atoms with van der Waals surface area (Å²) in [6, 6.07) is 13.6. The zero-order valence-corrected chi connectivity index (χ0v) is 17.1. The fourth-order valence-corrected chi connectivity index (χ4v) is 3.89. The van der Waals surface area contributed by atoms with E-state index in [0.717, 1.165) is 22.4 Å². The third-order valence-corrected chi connectivity index (χ3v) is 5.47. The summed E-state index contributed by atoms with van der Waals surface area (Å²) in [6.45, 7) is 4.08. The Hall–Kier alpha value is -3.40. The number of thioether (sulfide) groups is 1. The number of nitrogen functional groups attached to an aromatic ring is 1. The first kappa shape index (κ1) is 18.9. The molecule has 0 saturated carbocycles. The summed E-state index contributed by atoms with van der Waals surface area (Å²) in [4.78, 5) is 0. The number of para-hydroxylation sites is 2. The van der Waals surface area contributed by atoms with Crippen LogP contribution in [-0.2, 0) is 5.75 Å². The van der Waals surface area contributed by atoms with Crippen molar-refractivity contribution in [3.8, 4) is 22.8 Å². The molecule has 0 radical (unpaired) electrons. The molecule has 29 heavy (non-hydrogen) atoms. The van der Waals surface area contributed by atoms with Crippen molar-refractivity contribution in [2.75, 3.05) is 13.0 Å². The van der Waals surface area contributed by atoms with Gasteiger partial charge in [0.1, 0.15) is 5.75 Å². The molecule has 0 saturated heterocycles. The molecule has 0 unspecified atom stereocenters. The minimum Gasteiger partial charge on any atom is -0.496 e. The molecular weight excluding hydrogens is 388 g/mol. The molecule has 2 N–H and O–H groups in total. The summed E-state index contributed by atoms with van der Waals surface area (Å²) in [5.74, 6) is 8.65. The Morgan fingerprint density at radius 1 is 1.00 bits per heavy atom. The van der Waals surface area contributed by atoms with Gasteiger partial charge in [-0.1, -0.05) is 42.1 Å². The van der Waals surface area contributed by atoms with Gasteiger partial charge in [0, 0.05) is 0 Å². The highest BCUT2D eigenvalue weighted by atomic mass is 32.2. The van der Waals surface area contributed by atoms with Crippen LogP contribution in [0.5, 0.6) is 5.75 Å². The molecule has 0 aliphatic heterocycles. The SMILES string of the molecule is COc1ccccc1-c1nnc(SCc2nnnn2-c2c(C)cccc2C)n1N. The fourth-order valence-electron chi connectivity index (χ4n) is 3.13. The first-order chi connectivity index (χ1) is 14.1. The number of hydrogen-bond acceptors (Lipinski definition) is 8. The summed E-state index contributed by atoms with van der Waals surface area (Å²) in [5, 5.41) is 21.2. The lowest BCUT2D eigenvalue weighted by Crippen LogP contribution is -2.12. The lowest BCUT2D eigenvalue weighted by Gasteiger charge is -2.10. The Kier molecular flexibility index (Phi) is 5.17. The van der Waals surface area contributed by atoms with Gasteiger partial charge in [-0.25, -0.2) is 4.68 Å². The van der Waals surface area contributed by atoms with Gasteiger partial charge in [0.25, 0.3) is 0 Å². The summed E-state index contributed by atoms with van der Waals surface area (Å²) >= 11 is 1.41. The van der Waals surface area contributed by atoms with E-state index in [1.54, 1.807) is 11.8 Å². The van der Waals surface area contributed by atoms with E-state index >= 15 is 0 Å². The smallest absolute Gasteiger partial charge is 0.210 e. The van der Waals surface area contributed by atoms with E-state index in [1.807, 2.05) is 56.3 Å². The van der Waals surface area contributed by atoms with Crippen molar-refractivity contribution >= 4 is 11.8 Å². The molecule has 0 atom stereocenters. The van der Waals surface area contributed by atoms with Gasteiger partial charge in [0.05, 0.1) is 24.1 Å². The molecule has 0 aliphatic rings. The Labute approximate surface area is 171 Å². The van der Waals surface area contributed by atoms with Crippen LogP contribution in [0, 0.1) is 13.8 Å². The van der Waals surface area contributed by atoms with E-state index in [4.69, 9.17) is 10.6 Å².